The predicted molar refractivity (Wildman–Crippen MR) is 58.3 cm³/mol. The van der Waals surface area contributed by atoms with Gasteiger partial charge < -0.3 is 11.1 Å². The van der Waals surface area contributed by atoms with Crippen LogP contribution in [0, 0.1) is 0 Å². The van der Waals surface area contributed by atoms with Gasteiger partial charge in [0.05, 0.1) is 0 Å². The van der Waals surface area contributed by atoms with Crippen molar-refractivity contribution in [2.75, 3.05) is 11.9 Å². The SMILES string of the molecule is NCCCC(=O)Nc1cccc(C(F)F)c1. The van der Waals surface area contributed by atoms with Crippen molar-refractivity contribution < 1.29 is 13.6 Å². The molecule has 1 aromatic rings. The molecule has 0 aliphatic carbocycles. The van der Waals surface area contributed by atoms with Gasteiger partial charge >= 0.3 is 0 Å². The standard InChI is InChI=1S/C11H14F2N2O/c12-11(13)8-3-1-4-9(7-8)15-10(16)5-2-6-14/h1,3-4,7,11H,2,5-6,14H2,(H,15,16). The quantitative estimate of drug-likeness (QED) is 0.812. The summed E-state index contributed by atoms with van der Waals surface area (Å²) < 4.78 is 24.7. The molecule has 1 amide bonds. The highest BCUT2D eigenvalue weighted by Gasteiger charge is 2.08. The van der Waals surface area contributed by atoms with Crippen molar-refractivity contribution >= 4 is 11.6 Å². The minimum absolute atomic E-state index is 0.100. The fraction of sp³-hybridized carbons (Fsp3) is 0.364. The molecule has 0 aliphatic heterocycles. The number of rotatable bonds is 5. The summed E-state index contributed by atoms with van der Waals surface area (Å²) >= 11 is 0. The molecular formula is C11H14F2N2O. The van der Waals surface area contributed by atoms with E-state index >= 15 is 0 Å². The molecule has 0 unspecified atom stereocenters. The van der Waals surface area contributed by atoms with Crippen LogP contribution in [0.4, 0.5) is 14.5 Å². The lowest BCUT2D eigenvalue weighted by Gasteiger charge is -2.06. The topological polar surface area (TPSA) is 55.1 Å². The third-order valence-electron chi connectivity index (χ3n) is 2.03. The number of hydrogen-bond acceptors (Lipinski definition) is 2. The minimum atomic E-state index is -2.53. The molecule has 1 aromatic carbocycles. The van der Waals surface area contributed by atoms with Gasteiger partial charge in [-0.15, -0.1) is 0 Å². The van der Waals surface area contributed by atoms with E-state index in [-0.39, 0.29) is 11.5 Å². The lowest BCUT2D eigenvalue weighted by molar-refractivity contribution is -0.116. The van der Waals surface area contributed by atoms with E-state index in [4.69, 9.17) is 5.73 Å². The highest BCUT2D eigenvalue weighted by molar-refractivity contribution is 5.90. The van der Waals surface area contributed by atoms with Crippen LogP contribution in [0.15, 0.2) is 24.3 Å². The van der Waals surface area contributed by atoms with Crippen LogP contribution in [-0.2, 0) is 4.79 Å². The van der Waals surface area contributed by atoms with Crippen molar-refractivity contribution in [3.63, 3.8) is 0 Å². The second-order valence-corrected chi connectivity index (χ2v) is 3.37. The highest BCUT2D eigenvalue weighted by atomic mass is 19.3. The molecule has 0 heterocycles. The highest BCUT2D eigenvalue weighted by Crippen LogP contribution is 2.21. The summed E-state index contributed by atoms with van der Waals surface area (Å²) in [5.41, 5.74) is 5.54. The average molecular weight is 228 g/mol. The summed E-state index contributed by atoms with van der Waals surface area (Å²) in [6.07, 6.45) is -1.64. The molecule has 5 heteroatoms. The minimum Gasteiger partial charge on any atom is -0.330 e. The third-order valence-corrected chi connectivity index (χ3v) is 2.03. The Morgan fingerprint density at radius 3 is 2.81 bits per heavy atom. The van der Waals surface area contributed by atoms with Crippen molar-refractivity contribution in [3.8, 4) is 0 Å². The summed E-state index contributed by atoms with van der Waals surface area (Å²) in [7, 11) is 0. The van der Waals surface area contributed by atoms with Crippen LogP contribution in [0.5, 0.6) is 0 Å². The number of nitrogens with one attached hydrogen (secondary N) is 1. The van der Waals surface area contributed by atoms with E-state index in [2.05, 4.69) is 5.32 Å². The number of alkyl halides is 2. The van der Waals surface area contributed by atoms with E-state index in [1.165, 1.54) is 18.2 Å². The smallest absolute Gasteiger partial charge is 0.263 e. The van der Waals surface area contributed by atoms with E-state index in [9.17, 15) is 13.6 Å². The summed E-state index contributed by atoms with van der Waals surface area (Å²) in [5, 5.41) is 2.54. The van der Waals surface area contributed by atoms with E-state index in [0.29, 0.717) is 25.1 Å². The van der Waals surface area contributed by atoms with Crippen LogP contribution in [0.2, 0.25) is 0 Å². The monoisotopic (exact) mass is 228 g/mol. The van der Waals surface area contributed by atoms with Crippen molar-refractivity contribution in [3.05, 3.63) is 29.8 Å². The maximum Gasteiger partial charge on any atom is 0.263 e. The molecule has 88 valence electrons. The molecule has 0 aromatic heterocycles. The van der Waals surface area contributed by atoms with Gasteiger partial charge in [-0.2, -0.15) is 0 Å². The number of halogens is 2. The molecule has 0 aliphatic rings. The number of carbonyl (C=O) groups is 1. The van der Waals surface area contributed by atoms with Gasteiger partial charge in [0, 0.05) is 17.7 Å². The van der Waals surface area contributed by atoms with E-state index in [0.717, 1.165) is 0 Å². The first-order valence-corrected chi connectivity index (χ1v) is 5.01. The van der Waals surface area contributed by atoms with E-state index < -0.39 is 6.43 Å². The zero-order valence-corrected chi connectivity index (χ0v) is 8.75. The molecule has 0 spiro atoms. The van der Waals surface area contributed by atoms with Crippen LogP contribution >= 0.6 is 0 Å². The van der Waals surface area contributed by atoms with Gasteiger partial charge in [0.25, 0.3) is 6.43 Å². The summed E-state index contributed by atoms with van der Waals surface area (Å²) in [6, 6.07) is 5.65. The fourth-order valence-corrected chi connectivity index (χ4v) is 1.24. The Morgan fingerprint density at radius 1 is 1.44 bits per heavy atom. The van der Waals surface area contributed by atoms with Crippen LogP contribution in [-0.4, -0.2) is 12.5 Å². The second-order valence-electron chi connectivity index (χ2n) is 3.37. The molecule has 0 radical (unpaired) electrons. The first-order valence-electron chi connectivity index (χ1n) is 5.01. The first-order chi connectivity index (χ1) is 7.63. The number of benzene rings is 1. The van der Waals surface area contributed by atoms with Crippen molar-refractivity contribution in [1.29, 1.82) is 0 Å². The van der Waals surface area contributed by atoms with Crippen LogP contribution < -0.4 is 11.1 Å². The number of anilines is 1. The van der Waals surface area contributed by atoms with Gasteiger partial charge in [-0.25, -0.2) is 8.78 Å². The Kier molecular flexibility index (Phi) is 4.85. The van der Waals surface area contributed by atoms with Crippen molar-refractivity contribution in [2.24, 2.45) is 5.73 Å². The largest absolute Gasteiger partial charge is 0.330 e. The average Bonchev–Trinajstić information content (AvgIpc) is 2.26. The molecule has 0 bridgehead atoms. The second kappa shape index (κ2) is 6.17. The molecule has 0 fully saturated rings. The Labute approximate surface area is 92.6 Å². The van der Waals surface area contributed by atoms with Gasteiger partial charge in [0.1, 0.15) is 0 Å². The van der Waals surface area contributed by atoms with Crippen LogP contribution in [0.3, 0.4) is 0 Å². The zero-order chi connectivity index (χ0) is 12.0. The molecule has 16 heavy (non-hydrogen) atoms. The molecule has 3 nitrogen and oxygen atoms in total. The number of carbonyl (C=O) groups excluding carboxylic acids is 1. The molecule has 1 rings (SSSR count). The predicted octanol–water partition coefficient (Wildman–Crippen LogP) is 2.30. The summed E-state index contributed by atoms with van der Waals surface area (Å²) in [6.45, 7) is 0.435. The number of nitrogens with two attached hydrogens (primary N) is 1. The maximum atomic E-state index is 12.4. The Balaban J connectivity index is 2.59. The van der Waals surface area contributed by atoms with Gasteiger partial charge in [0.15, 0.2) is 0 Å². The Hall–Kier alpha value is -1.49. The molecule has 0 saturated carbocycles. The fourth-order valence-electron chi connectivity index (χ4n) is 1.24. The number of amides is 1. The number of hydrogen-bond donors (Lipinski definition) is 2. The van der Waals surface area contributed by atoms with Crippen LogP contribution in [0.1, 0.15) is 24.8 Å². The van der Waals surface area contributed by atoms with Gasteiger partial charge in [0.2, 0.25) is 5.91 Å². The van der Waals surface area contributed by atoms with E-state index in [1.54, 1.807) is 6.07 Å². The Bertz CT molecular complexity index is 356. The lowest BCUT2D eigenvalue weighted by atomic mass is 10.2. The summed E-state index contributed by atoms with van der Waals surface area (Å²) in [5.74, 6) is -0.211. The van der Waals surface area contributed by atoms with Gasteiger partial charge in [-0.1, -0.05) is 12.1 Å². The third kappa shape index (κ3) is 3.94. The molecule has 0 atom stereocenters. The van der Waals surface area contributed by atoms with E-state index in [1.807, 2.05) is 0 Å². The van der Waals surface area contributed by atoms with Gasteiger partial charge in [-0.05, 0) is 25.1 Å². The molecular weight excluding hydrogens is 214 g/mol. The zero-order valence-electron chi connectivity index (χ0n) is 8.75. The molecule has 3 N–H and O–H groups in total. The lowest BCUT2D eigenvalue weighted by Crippen LogP contribution is -2.13. The van der Waals surface area contributed by atoms with Crippen molar-refractivity contribution in [2.45, 2.75) is 19.3 Å². The van der Waals surface area contributed by atoms with Gasteiger partial charge in [-0.3, -0.25) is 4.79 Å². The van der Waals surface area contributed by atoms with Crippen LogP contribution in [0.25, 0.3) is 0 Å². The normalized spacial score (nSPS) is 10.5. The first kappa shape index (κ1) is 12.6. The molecule has 0 saturated heterocycles. The van der Waals surface area contributed by atoms with Crippen molar-refractivity contribution in [1.82, 2.24) is 0 Å². The summed E-state index contributed by atoms with van der Waals surface area (Å²) in [4.78, 5) is 11.3. The Morgan fingerprint density at radius 2 is 2.19 bits per heavy atom. The maximum absolute atomic E-state index is 12.4.